The summed E-state index contributed by atoms with van der Waals surface area (Å²) in [6.07, 6.45) is 3.19. The zero-order chi connectivity index (χ0) is 27.1. The highest BCUT2D eigenvalue weighted by molar-refractivity contribution is 5.97. The summed E-state index contributed by atoms with van der Waals surface area (Å²) >= 11 is 0. The van der Waals surface area contributed by atoms with Crippen molar-refractivity contribution >= 4 is 11.7 Å². The van der Waals surface area contributed by atoms with Gasteiger partial charge in [-0.05, 0) is 106 Å². The standard InChI is InChI=1S/C33H37N5O/c1-22-15-23(2)31(33(39)38-28-17-29(38)21-37(20-28)32-10-6-7-24(3)35-32)16-27(22)19-36-13-11-25(12-14-36)30-9-5-4-8-26(30)18-34/h4-10,15-16,25,28-29H,11-14,17,19-21H2,1-3H3. The van der Waals surface area contributed by atoms with Gasteiger partial charge in [0.1, 0.15) is 5.82 Å². The lowest BCUT2D eigenvalue weighted by atomic mass is 9.85. The molecule has 2 aromatic carbocycles. The van der Waals surface area contributed by atoms with Crippen molar-refractivity contribution in [2.75, 3.05) is 31.1 Å². The number of hydrogen-bond donors (Lipinski definition) is 0. The zero-order valence-corrected chi connectivity index (χ0v) is 23.2. The Kier molecular flexibility index (Phi) is 6.86. The molecular weight excluding hydrogens is 482 g/mol. The third kappa shape index (κ3) is 4.92. The van der Waals surface area contributed by atoms with Crippen molar-refractivity contribution < 1.29 is 4.79 Å². The summed E-state index contributed by atoms with van der Waals surface area (Å²) in [6, 6.07) is 21.4. The minimum absolute atomic E-state index is 0.179. The van der Waals surface area contributed by atoms with Crippen LogP contribution in [0.5, 0.6) is 0 Å². The van der Waals surface area contributed by atoms with Crippen molar-refractivity contribution in [3.05, 3.63) is 93.7 Å². The Morgan fingerprint density at radius 1 is 0.974 bits per heavy atom. The smallest absolute Gasteiger partial charge is 0.254 e. The maximum Gasteiger partial charge on any atom is 0.254 e. The second kappa shape index (κ2) is 10.5. The van der Waals surface area contributed by atoms with Crippen molar-refractivity contribution in [2.24, 2.45) is 0 Å². The lowest BCUT2D eigenvalue weighted by Crippen LogP contribution is -2.70. The normalized spacial score (nSPS) is 21.4. The first-order valence-electron chi connectivity index (χ1n) is 14.2. The van der Waals surface area contributed by atoms with Gasteiger partial charge in [-0.25, -0.2) is 4.98 Å². The van der Waals surface area contributed by atoms with E-state index in [0.29, 0.717) is 5.92 Å². The number of fused-ring (bicyclic) bond motifs is 2. The van der Waals surface area contributed by atoms with Crippen LogP contribution in [0.3, 0.4) is 0 Å². The SMILES string of the molecule is Cc1cccc(N2CC3CC(C2)N3C(=O)c2cc(CN3CCC(c4ccccc4C#N)CC3)c(C)cc2C)n1. The molecule has 6 heteroatoms. The fourth-order valence-corrected chi connectivity index (χ4v) is 6.87. The summed E-state index contributed by atoms with van der Waals surface area (Å²) in [5.41, 5.74) is 7.44. The van der Waals surface area contributed by atoms with Gasteiger partial charge >= 0.3 is 0 Å². The highest BCUT2D eigenvalue weighted by atomic mass is 16.2. The first kappa shape index (κ1) is 25.6. The van der Waals surface area contributed by atoms with E-state index in [9.17, 15) is 10.1 Å². The molecule has 4 aliphatic rings. The Bertz CT molecular complexity index is 1420. The number of carbonyl (C=O) groups is 1. The van der Waals surface area contributed by atoms with Gasteiger partial charge in [-0.1, -0.05) is 30.3 Å². The van der Waals surface area contributed by atoms with Crippen LogP contribution in [-0.2, 0) is 6.54 Å². The third-order valence-electron chi connectivity index (χ3n) is 9.04. The lowest BCUT2D eigenvalue weighted by Gasteiger charge is -2.56. The Balaban J connectivity index is 1.12. The molecule has 39 heavy (non-hydrogen) atoms. The number of piperidine rings is 2. The summed E-state index contributed by atoms with van der Waals surface area (Å²) in [4.78, 5) is 25.5. The van der Waals surface area contributed by atoms with Crippen LogP contribution in [0, 0.1) is 32.1 Å². The molecule has 6 nitrogen and oxygen atoms in total. The number of amides is 1. The first-order chi connectivity index (χ1) is 18.9. The molecule has 0 N–H and O–H groups in total. The first-order valence-corrected chi connectivity index (χ1v) is 14.2. The number of aromatic nitrogens is 1. The predicted octanol–water partition coefficient (Wildman–Crippen LogP) is 5.36. The summed E-state index contributed by atoms with van der Waals surface area (Å²) in [5, 5.41) is 9.51. The number of anilines is 1. The highest BCUT2D eigenvalue weighted by Gasteiger charge is 2.48. The van der Waals surface area contributed by atoms with Gasteiger partial charge in [0.25, 0.3) is 5.91 Å². The van der Waals surface area contributed by atoms with Gasteiger partial charge in [0.2, 0.25) is 0 Å². The van der Waals surface area contributed by atoms with Crippen LogP contribution in [-0.4, -0.2) is 59.0 Å². The average molecular weight is 520 g/mol. The van der Waals surface area contributed by atoms with Crippen molar-refractivity contribution in [1.29, 1.82) is 5.26 Å². The van der Waals surface area contributed by atoms with Crippen LogP contribution >= 0.6 is 0 Å². The molecule has 0 spiro atoms. The fraction of sp³-hybridized carbons (Fsp3) is 0.424. The Morgan fingerprint density at radius 3 is 2.44 bits per heavy atom. The lowest BCUT2D eigenvalue weighted by molar-refractivity contribution is 0.00568. The van der Waals surface area contributed by atoms with Crippen molar-refractivity contribution in [3.8, 4) is 6.07 Å². The van der Waals surface area contributed by atoms with Gasteiger partial charge in [0.05, 0.1) is 23.7 Å². The molecule has 0 saturated carbocycles. The van der Waals surface area contributed by atoms with Crippen LogP contribution in [0.15, 0.2) is 54.6 Å². The molecule has 1 aromatic heterocycles. The Labute approximate surface area is 231 Å². The Morgan fingerprint density at radius 2 is 1.72 bits per heavy atom. The molecule has 1 amide bonds. The highest BCUT2D eigenvalue weighted by Crippen LogP contribution is 2.36. The molecule has 0 radical (unpaired) electrons. The van der Waals surface area contributed by atoms with E-state index in [1.807, 2.05) is 31.2 Å². The number of benzene rings is 2. The van der Waals surface area contributed by atoms with Gasteiger partial charge in [0, 0.05) is 30.9 Å². The van der Waals surface area contributed by atoms with E-state index in [2.05, 4.69) is 64.9 Å². The Hall–Kier alpha value is -3.69. The molecule has 3 aromatic rings. The second-order valence-electron chi connectivity index (χ2n) is 11.6. The maximum absolute atomic E-state index is 13.8. The maximum atomic E-state index is 13.8. The number of carbonyl (C=O) groups excluding carboxylic acids is 1. The van der Waals surface area contributed by atoms with E-state index in [1.54, 1.807) is 0 Å². The van der Waals surface area contributed by atoms with Crippen LogP contribution in [0.2, 0.25) is 0 Å². The minimum Gasteiger partial charge on any atom is -0.352 e. The van der Waals surface area contributed by atoms with Crippen LogP contribution in [0.4, 0.5) is 5.82 Å². The molecule has 0 aliphatic carbocycles. The van der Waals surface area contributed by atoms with Gasteiger partial charge in [-0.3, -0.25) is 9.69 Å². The van der Waals surface area contributed by atoms with Crippen molar-refractivity contribution in [2.45, 2.75) is 64.6 Å². The molecular formula is C33H37N5O. The molecule has 4 aliphatic heterocycles. The van der Waals surface area contributed by atoms with E-state index < -0.39 is 0 Å². The van der Waals surface area contributed by atoms with E-state index >= 15 is 0 Å². The second-order valence-corrected chi connectivity index (χ2v) is 11.6. The van der Waals surface area contributed by atoms with Gasteiger partial charge < -0.3 is 9.80 Å². The van der Waals surface area contributed by atoms with Crippen LogP contribution in [0.25, 0.3) is 0 Å². The number of likely N-dealkylation sites (tertiary alicyclic amines) is 1. The summed E-state index contributed by atoms with van der Waals surface area (Å²) in [6.45, 7) is 10.8. The fourth-order valence-electron chi connectivity index (χ4n) is 6.87. The van der Waals surface area contributed by atoms with Crippen LogP contribution in [0.1, 0.15) is 69.0 Å². The summed E-state index contributed by atoms with van der Waals surface area (Å²) < 4.78 is 0. The molecule has 200 valence electrons. The predicted molar refractivity (Wildman–Crippen MR) is 154 cm³/mol. The topological polar surface area (TPSA) is 63.5 Å². The molecule has 2 bridgehead atoms. The monoisotopic (exact) mass is 519 g/mol. The van der Waals surface area contributed by atoms with Gasteiger partial charge in [-0.2, -0.15) is 5.26 Å². The molecule has 4 fully saturated rings. The van der Waals surface area contributed by atoms with E-state index in [1.165, 1.54) is 16.7 Å². The number of piperazine rings is 1. The number of pyridine rings is 1. The molecule has 2 atom stereocenters. The van der Waals surface area contributed by atoms with E-state index in [-0.39, 0.29) is 18.0 Å². The van der Waals surface area contributed by atoms with Crippen molar-refractivity contribution in [3.63, 3.8) is 0 Å². The number of nitrogens with zero attached hydrogens (tertiary/aromatic N) is 5. The largest absolute Gasteiger partial charge is 0.352 e. The molecule has 2 unspecified atom stereocenters. The summed E-state index contributed by atoms with van der Waals surface area (Å²) in [7, 11) is 0. The quantitative estimate of drug-likeness (QED) is 0.454. The van der Waals surface area contributed by atoms with Gasteiger partial charge in [0.15, 0.2) is 0 Å². The molecule has 5 heterocycles. The zero-order valence-electron chi connectivity index (χ0n) is 23.2. The number of aryl methyl sites for hydroxylation is 3. The van der Waals surface area contributed by atoms with E-state index in [0.717, 1.165) is 80.2 Å². The number of nitriles is 1. The average Bonchev–Trinajstić information content (AvgIpc) is 2.95. The van der Waals surface area contributed by atoms with Gasteiger partial charge in [-0.15, -0.1) is 0 Å². The number of hydrogen-bond acceptors (Lipinski definition) is 5. The third-order valence-corrected chi connectivity index (χ3v) is 9.04. The van der Waals surface area contributed by atoms with Crippen molar-refractivity contribution in [1.82, 2.24) is 14.8 Å². The van der Waals surface area contributed by atoms with Crippen LogP contribution < -0.4 is 4.90 Å². The van der Waals surface area contributed by atoms with E-state index in [4.69, 9.17) is 4.98 Å². The minimum atomic E-state index is 0.179. The molecule has 4 saturated heterocycles. The summed E-state index contributed by atoms with van der Waals surface area (Å²) in [5.74, 6) is 1.64. The molecule has 7 rings (SSSR count). The number of rotatable bonds is 5.